The van der Waals surface area contributed by atoms with Gasteiger partial charge in [0.25, 0.3) is 0 Å². The average Bonchev–Trinajstić information content (AvgIpc) is 2.98. The van der Waals surface area contributed by atoms with Gasteiger partial charge in [0.2, 0.25) is 0 Å². The van der Waals surface area contributed by atoms with Gasteiger partial charge in [-0.25, -0.2) is 9.98 Å². The van der Waals surface area contributed by atoms with Crippen molar-refractivity contribution < 1.29 is 13.5 Å². The summed E-state index contributed by atoms with van der Waals surface area (Å²) < 4.78 is 29.8. The number of rotatable bonds is 7. The molecule has 0 aliphatic carbocycles. The van der Waals surface area contributed by atoms with Crippen LogP contribution in [0.25, 0.3) is 0 Å². The number of aliphatic imine (C=N–C) groups is 1. The molecule has 1 aromatic heterocycles. The van der Waals surface area contributed by atoms with Crippen molar-refractivity contribution in [1.29, 1.82) is 0 Å². The van der Waals surface area contributed by atoms with Gasteiger partial charge < -0.3 is 15.4 Å². The largest absolute Gasteiger partial charge is 0.433 e. The van der Waals surface area contributed by atoms with Gasteiger partial charge in [-0.15, -0.1) is 35.3 Å². The van der Waals surface area contributed by atoms with Crippen molar-refractivity contribution in [3.8, 4) is 5.75 Å². The SMILES string of the molecule is CCNC(=NCc1cc(Cl)cc(Cl)c1OC(F)F)NCc1cnc(C)s1.I. The molecular formula is C16H19Cl2F2IN4OS. The summed E-state index contributed by atoms with van der Waals surface area (Å²) in [7, 11) is 0. The quantitative estimate of drug-likeness (QED) is 0.281. The van der Waals surface area contributed by atoms with E-state index in [2.05, 4.69) is 25.3 Å². The van der Waals surface area contributed by atoms with Crippen LogP contribution in [0.3, 0.4) is 0 Å². The molecule has 0 radical (unpaired) electrons. The summed E-state index contributed by atoms with van der Waals surface area (Å²) in [6, 6.07) is 2.86. The topological polar surface area (TPSA) is 58.5 Å². The third-order valence-corrected chi connectivity index (χ3v) is 4.55. The molecule has 0 unspecified atom stereocenters. The van der Waals surface area contributed by atoms with Crippen molar-refractivity contribution >= 4 is 64.5 Å². The standard InChI is InChI=1S/C16H18Cl2F2N4OS.HI/c1-3-21-16(24-8-12-7-22-9(2)26-12)23-6-10-4-11(17)5-13(18)14(10)25-15(19)20;/h4-5,7,15H,3,6,8H2,1-2H3,(H2,21,23,24);1H. The molecule has 0 aliphatic rings. The lowest BCUT2D eigenvalue weighted by Gasteiger charge is -2.13. The Hall–Kier alpha value is -0.910. The first-order valence-electron chi connectivity index (χ1n) is 7.75. The Balaban J connectivity index is 0.00000364. The zero-order chi connectivity index (χ0) is 19.1. The van der Waals surface area contributed by atoms with Crippen LogP contribution in [-0.2, 0) is 13.1 Å². The minimum absolute atomic E-state index is 0. The molecule has 0 aliphatic heterocycles. The number of guanidine groups is 1. The second-order valence-corrected chi connectivity index (χ2v) is 7.31. The third kappa shape index (κ3) is 7.92. The Morgan fingerprint density at radius 1 is 1.33 bits per heavy atom. The van der Waals surface area contributed by atoms with E-state index >= 15 is 0 Å². The molecule has 150 valence electrons. The van der Waals surface area contributed by atoms with Crippen molar-refractivity contribution in [2.75, 3.05) is 6.54 Å². The number of alkyl halides is 2. The molecule has 0 saturated carbocycles. The molecule has 0 saturated heterocycles. The minimum Gasteiger partial charge on any atom is -0.433 e. The highest BCUT2D eigenvalue weighted by Gasteiger charge is 2.15. The number of aromatic nitrogens is 1. The number of hydrogen-bond acceptors (Lipinski definition) is 4. The van der Waals surface area contributed by atoms with Crippen LogP contribution in [0.5, 0.6) is 5.75 Å². The van der Waals surface area contributed by atoms with Crippen molar-refractivity contribution in [1.82, 2.24) is 15.6 Å². The van der Waals surface area contributed by atoms with E-state index in [1.807, 2.05) is 13.8 Å². The van der Waals surface area contributed by atoms with Crippen molar-refractivity contribution in [3.05, 3.63) is 43.8 Å². The number of halogens is 5. The Bertz CT molecular complexity index is 777. The highest BCUT2D eigenvalue weighted by atomic mass is 127. The van der Waals surface area contributed by atoms with Crippen LogP contribution in [0, 0.1) is 6.92 Å². The maximum Gasteiger partial charge on any atom is 0.387 e. The lowest BCUT2D eigenvalue weighted by atomic mass is 10.2. The Morgan fingerprint density at radius 3 is 2.67 bits per heavy atom. The van der Waals surface area contributed by atoms with Crippen molar-refractivity contribution in [3.63, 3.8) is 0 Å². The normalized spacial score (nSPS) is 11.3. The van der Waals surface area contributed by atoms with E-state index in [4.69, 9.17) is 23.2 Å². The number of thiazole rings is 1. The monoisotopic (exact) mass is 550 g/mol. The number of ether oxygens (including phenoxy) is 1. The predicted molar refractivity (Wildman–Crippen MR) is 117 cm³/mol. The van der Waals surface area contributed by atoms with Crippen LogP contribution in [0.15, 0.2) is 23.3 Å². The molecule has 2 N–H and O–H groups in total. The van der Waals surface area contributed by atoms with Crippen molar-refractivity contribution in [2.24, 2.45) is 4.99 Å². The second kappa shape index (κ2) is 11.8. The summed E-state index contributed by atoms with van der Waals surface area (Å²) >= 11 is 13.5. The van der Waals surface area contributed by atoms with E-state index in [1.54, 1.807) is 17.5 Å². The summed E-state index contributed by atoms with van der Waals surface area (Å²) in [5, 5.41) is 7.56. The molecule has 0 atom stereocenters. The first-order valence-corrected chi connectivity index (χ1v) is 9.32. The Morgan fingerprint density at radius 2 is 2.07 bits per heavy atom. The number of nitrogens with one attached hydrogen (secondary N) is 2. The summed E-state index contributed by atoms with van der Waals surface area (Å²) in [6.45, 7) is 2.13. The molecule has 5 nitrogen and oxygen atoms in total. The van der Waals surface area contributed by atoms with Gasteiger partial charge in [-0.1, -0.05) is 23.2 Å². The molecule has 0 bridgehead atoms. The highest BCUT2D eigenvalue weighted by Crippen LogP contribution is 2.34. The van der Waals surface area contributed by atoms with Crippen LogP contribution in [0.4, 0.5) is 8.78 Å². The van der Waals surface area contributed by atoms with E-state index in [0.29, 0.717) is 29.6 Å². The Kier molecular flexibility index (Phi) is 10.6. The molecule has 0 spiro atoms. The molecule has 0 amide bonds. The van der Waals surface area contributed by atoms with Gasteiger partial charge in [0, 0.05) is 28.2 Å². The summed E-state index contributed by atoms with van der Waals surface area (Å²) in [5.41, 5.74) is 0.369. The van der Waals surface area contributed by atoms with Gasteiger partial charge in [0.05, 0.1) is 23.1 Å². The zero-order valence-electron chi connectivity index (χ0n) is 14.6. The number of aryl methyl sites for hydroxylation is 1. The van der Waals surface area contributed by atoms with Crippen LogP contribution in [0.1, 0.15) is 22.4 Å². The number of hydrogen-bond donors (Lipinski definition) is 2. The maximum absolute atomic E-state index is 12.6. The molecule has 11 heteroatoms. The van der Waals surface area contributed by atoms with Gasteiger partial charge in [-0.05, 0) is 26.0 Å². The van der Waals surface area contributed by atoms with Gasteiger partial charge in [-0.2, -0.15) is 8.78 Å². The van der Waals surface area contributed by atoms with Crippen molar-refractivity contribution in [2.45, 2.75) is 33.5 Å². The van der Waals surface area contributed by atoms with Gasteiger partial charge >= 0.3 is 6.61 Å². The molecule has 2 rings (SSSR count). The average molecular weight is 551 g/mol. The first-order chi connectivity index (χ1) is 12.4. The number of benzene rings is 1. The Labute approximate surface area is 187 Å². The number of nitrogens with zero attached hydrogens (tertiary/aromatic N) is 2. The smallest absolute Gasteiger partial charge is 0.387 e. The fraction of sp³-hybridized carbons (Fsp3) is 0.375. The van der Waals surface area contributed by atoms with Gasteiger partial charge in [0.15, 0.2) is 5.96 Å². The molecule has 0 fully saturated rings. The fourth-order valence-corrected chi connectivity index (χ4v) is 3.43. The van der Waals surface area contributed by atoms with Crippen LogP contribution in [-0.4, -0.2) is 24.1 Å². The zero-order valence-corrected chi connectivity index (χ0v) is 19.2. The van der Waals surface area contributed by atoms with E-state index in [1.165, 1.54) is 12.1 Å². The van der Waals surface area contributed by atoms with E-state index in [9.17, 15) is 8.78 Å². The van der Waals surface area contributed by atoms with E-state index in [-0.39, 0.29) is 41.3 Å². The second-order valence-electron chi connectivity index (χ2n) is 5.15. The molecule has 27 heavy (non-hydrogen) atoms. The van der Waals surface area contributed by atoms with Gasteiger partial charge in [-0.3, -0.25) is 0 Å². The molecule has 1 aromatic carbocycles. The van der Waals surface area contributed by atoms with Crippen LogP contribution < -0.4 is 15.4 Å². The summed E-state index contributed by atoms with van der Waals surface area (Å²) in [5.74, 6) is 0.404. The molecular weight excluding hydrogens is 532 g/mol. The van der Waals surface area contributed by atoms with Crippen LogP contribution >= 0.6 is 58.5 Å². The minimum atomic E-state index is -2.99. The fourth-order valence-electron chi connectivity index (χ4n) is 2.12. The first kappa shape index (κ1) is 24.1. The molecule has 1 heterocycles. The third-order valence-electron chi connectivity index (χ3n) is 3.14. The van der Waals surface area contributed by atoms with Crippen LogP contribution in [0.2, 0.25) is 10.0 Å². The van der Waals surface area contributed by atoms with E-state index < -0.39 is 6.61 Å². The maximum atomic E-state index is 12.6. The lowest BCUT2D eigenvalue weighted by molar-refractivity contribution is -0.0503. The molecule has 2 aromatic rings. The van der Waals surface area contributed by atoms with E-state index in [0.717, 1.165) is 9.88 Å². The summed E-state index contributed by atoms with van der Waals surface area (Å²) in [4.78, 5) is 9.64. The predicted octanol–water partition coefficient (Wildman–Crippen LogP) is 5.23. The highest BCUT2D eigenvalue weighted by molar-refractivity contribution is 14.0. The lowest BCUT2D eigenvalue weighted by Crippen LogP contribution is -2.36. The summed E-state index contributed by atoms with van der Waals surface area (Å²) in [6.07, 6.45) is 1.79. The van der Waals surface area contributed by atoms with Gasteiger partial charge in [0.1, 0.15) is 5.75 Å².